The van der Waals surface area contributed by atoms with Gasteiger partial charge in [0.2, 0.25) is 11.8 Å². The van der Waals surface area contributed by atoms with Gasteiger partial charge in [-0.3, -0.25) is 0 Å². The molecule has 6 nitrogen and oxygen atoms in total. The second kappa shape index (κ2) is 9.89. The number of likely N-dealkylation sites (N-methyl/N-ethyl adjacent to an activating group) is 1. The molecular formula is C24H26ClF2N5O. The van der Waals surface area contributed by atoms with E-state index in [9.17, 15) is 4.39 Å². The molecule has 3 aromatic rings. The summed E-state index contributed by atoms with van der Waals surface area (Å²) in [6.07, 6.45) is 0. The van der Waals surface area contributed by atoms with E-state index in [1.54, 1.807) is 25.1 Å². The minimum Gasteiger partial charge on any atom is -0.421 e. The summed E-state index contributed by atoms with van der Waals surface area (Å²) in [7, 11) is 0. The number of anilines is 1. The monoisotopic (exact) mass is 473 g/mol. The van der Waals surface area contributed by atoms with Crippen molar-refractivity contribution >= 4 is 17.3 Å². The van der Waals surface area contributed by atoms with Gasteiger partial charge in [0.25, 0.3) is 0 Å². The number of aryl methyl sites for hydroxylation is 1. The number of rotatable bonds is 7. The van der Waals surface area contributed by atoms with E-state index in [0.717, 1.165) is 32.7 Å². The van der Waals surface area contributed by atoms with Crippen LogP contribution >= 0.6 is 11.6 Å². The number of benzene rings is 2. The second-order valence-corrected chi connectivity index (χ2v) is 8.36. The summed E-state index contributed by atoms with van der Waals surface area (Å²) in [5, 5.41) is 7.98. The lowest BCUT2D eigenvalue weighted by atomic mass is 10.1. The number of halogens is 3. The van der Waals surface area contributed by atoms with Gasteiger partial charge >= 0.3 is 0 Å². The Morgan fingerprint density at radius 1 is 1.12 bits per heavy atom. The number of aromatic nitrogens is 2. The number of hydrogen-bond donors (Lipinski definition) is 0. The van der Waals surface area contributed by atoms with Gasteiger partial charge in [-0.05, 0) is 36.9 Å². The van der Waals surface area contributed by atoms with Crippen LogP contribution < -0.4 is 4.90 Å². The molecule has 4 rings (SSSR count). The highest BCUT2D eigenvalue weighted by atomic mass is 35.5. The van der Waals surface area contributed by atoms with Crippen molar-refractivity contribution in [2.24, 2.45) is 0 Å². The van der Waals surface area contributed by atoms with Crippen molar-refractivity contribution in [3.63, 3.8) is 0 Å². The molecule has 0 amide bonds. The zero-order valence-electron chi connectivity index (χ0n) is 18.7. The Bertz CT molecular complexity index is 1140. The Labute approximate surface area is 197 Å². The number of piperazine rings is 1. The largest absolute Gasteiger partial charge is 0.421 e. The van der Waals surface area contributed by atoms with Crippen molar-refractivity contribution in [3.05, 3.63) is 76.9 Å². The zero-order valence-corrected chi connectivity index (χ0v) is 19.4. The SMILES string of the molecule is C=C(N1CCN(CC)CC1)N(Cc1ccc(-c2nnc(C)o2)cc1F)c1ccc(F)cc1Cl. The highest BCUT2D eigenvalue weighted by Gasteiger charge is 2.24. The van der Waals surface area contributed by atoms with Crippen LogP contribution in [0.1, 0.15) is 18.4 Å². The van der Waals surface area contributed by atoms with E-state index in [4.69, 9.17) is 16.0 Å². The van der Waals surface area contributed by atoms with Crippen LogP contribution in [0.3, 0.4) is 0 Å². The van der Waals surface area contributed by atoms with Gasteiger partial charge in [0, 0.05) is 44.2 Å². The summed E-state index contributed by atoms with van der Waals surface area (Å²) in [6, 6.07) is 8.97. The van der Waals surface area contributed by atoms with E-state index in [0.29, 0.717) is 28.5 Å². The molecule has 0 saturated carbocycles. The first-order chi connectivity index (χ1) is 15.9. The summed E-state index contributed by atoms with van der Waals surface area (Å²) in [5.41, 5.74) is 1.50. The molecule has 0 radical (unpaired) electrons. The Morgan fingerprint density at radius 2 is 1.88 bits per heavy atom. The fraction of sp³-hybridized carbons (Fsp3) is 0.333. The van der Waals surface area contributed by atoms with E-state index in [-0.39, 0.29) is 17.5 Å². The Hall–Kier alpha value is -2.97. The summed E-state index contributed by atoms with van der Waals surface area (Å²) in [6.45, 7) is 12.7. The predicted octanol–water partition coefficient (Wildman–Crippen LogP) is 5.09. The van der Waals surface area contributed by atoms with Gasteiger partial charge in [-0.2, -0.15) is 0 Å². The second-order valence-electron chi connectivity index (χ2n) is 7.95. The Balaban J connectivity index is 1.63. The zero-order chi connectivity index (χ0) is 23.5. The molecule has 2 heterocycles. The quantitative estimate of drug-likeness (QED) is 0.476. The maximum atomic E-state index is 15.1. The molecule has 33 heavy (non-hydrogen) atoms. The van der Waals surface area contributed by atoms with Crippen LogP contribution in [-0.4, -0.2) is 52.7 Å². The molecule has 1 saturated heterocycles. The van der Waals surface area contributed by atoms with Gasteiger partial charge in [0.15, 0.2) is 0 Å². The molecule has 1 aromatic heterocycles. The van der Waals surface area contributed by atoms with Crippen molar-refractivity contribution in [1.82, 2.24) is 20.0 Å². The van der Waals surface area contributed by atoms with Gasteiger partial charge in [0.1, 0.15) is 17.5 Å². The molecule has 1 aliphatic rings. The summed E-state index contributed by atoms with van der Waals surface area (Å²) < 4.78 is 34.3. The molecule has 0 N–H and O–H groups in total. The topological polar surface area (TPSA) is 48.6 Å². The first kappa shape index (κ1) is 23.2. The summed E-state index contributed by atoms with van der Waals surface area (Å²) in [4.78, 5) is 6.34. The van der Waals surface area contributed by atoms with Crippen LogP contribution in [0.25, 0.3) is 11.5 Å². The molecular weight excluding hydrogens is 448 g/mol. The molecule has 9 heteroatoms. The molecule has 0 aliphatic carbocycles. The highest BCUT2D eigenvalue weighted by Crippen LogP contribution is 2.32. The average Bonchev–Trinajstić information content (AvgIpc) is 3.25. The van der Waals surface area contributed by atoms with Gasteiger partial charge in [-0.1, -0.05) is 31.2 Å². The van der Waals surface area contributed by atoms with E-state index in [1.165, 1.54) is 18.2 Å². The molecule has 0 bridgehead atoms. The molecule has 0 spiro atoms. The van der Waals surface area contributed by atoms with Gasteiger partial charge < -0.3 is 19.1 Å². The van der Waals surface area contributed by atoms with Crippen LogP contribution in [0.5, 0.6) is 0 Å². The molecule has 1 fully saturated rings. The van der Waals surface area contributed by atoms with Crippen LogP contribution in [-0.2, 0) is 6.54 Å². The summed E-state index contributed by atoms with van der Waals surface area (Å²) in [5.74, 6) is 0.502. The van der Waals surface area contributed by atoms with E-state index < -0.39 is 11.6 Å². The first-order valence-electron chi connectivity index (χ1n) is 10.8. The van der Waals surface area contributed by atoms with E-state index in [2.05, 4.69) is 33.5 Å². The predicted molar refractivity (Wildman–Crippen MR) is 125 cm³/mol. The lowest BCUT2D eigenvalue weighted by molar-refractivity contribution is 0.162. The van der Waals surface area contributed by atoms with Crippen molar-refractivity contribution in [2.75, 3.05) is 37.6 Å². The van der Waals surface area contributed by atoms with Crippen molar-refractivity contribution in [3.8, 4) is 11.5 Å². The molecule has 0 unspecified atom stereocenters. The average molecular weight is 474 g/mol. The van der Waals surface area contributed by atoms with Crippen molar-refractivity contribution in [2.45, 2.75) is 20.4 Å². The van der Waals surface area contributed by atoms with Crippen LogP contribution in [0, 0.1) is 18.6 Å². The number of hydrogen-bond acceptors (Lipinski definition) is 6. The van der Waals surface area contributed by atoms with Crippen LogP contribution in [0.15, 0.2) is 53.2 Å². The van der Waals surface area contributed by atoms with E-state index in [1.807, 2.05) is 4.90 Å². The maximum absolute atomic E-state index is 15.1. The molecule has 2 aromatic carbocycles. The van der Waals surface area contributed by atoms with Crippen molar-refractivity contribution < 1.29 is 13.2 Å². The van der Waals surface area contributed by atoms with Gasteiger partial charge in [-0.15, -0.1) is 10.2 Å². The lowest BCUT2D eigenvalue weighted by Crippen LogP contribution is -2.48. The smallest absolute Gasteiger partial charge is 0.247 e. The minimum absolute atomic E-state index is 0.174. The fourth-order valence-electron chi connectivity index (χ4n) is 3.90. The maximum Gasteiger partial charge on any atom is 0.247 e. The van der Waals surface area contributed by atoms with E-state index >= 15 is 4.39 Å². The third-order valence-corrected chi connectivity index (χ3v) is 6.15. The molecule has 0 atom stereocenters. The van der Waals surface area contributed by atoms with Crippen LogP contribution in [0.4, 0.5) is 14.5 Å². The van der Waals surface area contributed by atoms with Gasteiger partial charge in [0.05, 0.1) is 17.3 Å². The number of nitrogens with zero attached hydrogens (tertiary/aromatic N) is 5. The minimum atomic E-state index is -0.434. The lowest BCUT2D eigenvalue weighted by Gasteiger charge is -2.41. The molecule has 1 aliphatic heterocycles. The highest BCUT2D eigenvalue weighted by molar-refractivity contribution is 6.33. The van der Waals surface area contributed by atoms with Gasteiger partial charge in [-0.25, -0.2) is 8.78 Å². The molecule has 174 valence electrons. The normalized spacial score (nSPS) is 14.5. The first-order valence-corrected chi connectivity index (χ1v) is 11.2. The summed E-state index contributed by atoms with van der Waals surface area (Å²) >= 11 is 6.40. The van der Waals surface area contributed by atoms with Crippen molar-refractivity contribution in [1.29, 1.82) is 0 Å². The Kier molecular flexibility index (Phi) is 6.95. The standard InChI is InChI=1S/C24H26ClF2N5O/c1-4-30-9-11-31(12-10-30)17(3)32(23-8-7-20(26)14-21(23)25)15-19-6-5-18(13-22(19)27)24-29-28-16(2)33-24/h5-8,13-14H,3-4,9-12,15H2,1-2H3. The third kappa shape index (κ3) is 5.17. The fourth-order valence-corrected chi connectivity index (χ4v) is 4.17. The Morgan fingerprint density at radius 3 is 2.48 bits per heavy atom. The third-order valence-electron chi connectivity index (χ3n) is 5.85. The van der Waals surface area contributed by atoms with Crippen LogP contribution in [0.2, 0.25) is 5.02 Å².